The fraction of sp³-hybridized carbons (Fsp3) is 0.125. The van der Waals surface area contributed by atoms with Crippen LogP contribution in [0.1, 0.15) is 10.4 Å². The number of benzene rings is 2. The number of hydrogen-bond donors (Lipinski definition) is 2. The first-order valence-corrected chi connectivity index (χ1v) is 6.36. The van der Waals surface area contributed by atoms with Crippen LogP contribution >= 0.6 is 0 Å². The van der Waals surface area contributed by atoms with Crippen LogP contribution in [0.5, 0.6) is 0 Å². The maximum atomic E-state index is 12.1. The Morgan fingerprint density at radius 2 is 1.85 bits per heavy atom. The lowest BCUT2D eigenvalue weighted by atomic mass is 10.0. The fourth-order valence-corrected chi connectivity index (χ4v) is 1.92. The highest BCUT2D eigenvalue weighted by Gasteiger charge is 2.07. The zero-order valence-corrected chi connectivity index (χ0v) is 11.2. The highest BCUT2D eigenvalue weighted by molar-refractivity contribution is 6.07. The third-order valence-electron chi connectivity index (χ3n) is 2.93. The normalized spacial score (nSPS) is 10.7. The van der Waals surface area contributed by atoms with Crippen LogP contribution in [0, 0.1) is 0 Å². The molecule has 2 amide bonds. The monoisotopic (exact) mass is 268 g/mol. The molecule has 0 aliphatic carbocycles. The van der Waals surface area contributed by atoms with Crippen molar-refractivity contribution in [1.29, 1.82) is 0 Å². The number of fused-ring (bicyclic) bond motifs is 1. The van der Waals surface area contributed by atoms with Crippen molar-refractivity contribution in [1.82, 2.24) is 10.6 Å². The van der Waals surface area contributed by atoms with Gasteiger partial charge < -0.3 is 10.6 Å². The van der Waals surface area contributed by atoms with Crippen LogP contribution in [0.3, 0.4) is 0 Å². The van der Waals surface area contributed by atoms with E-state index in [0.29, 0.717) is 12.1 Å². The summed E-state index contributed by atoms with van der Waals surface area (Å²) in [6.45, 7) is 0.315. The first-order chi connectivity index (χ1) is 9.72. The number of likely N-dealkylation sites (N-methyl/N-ethyl adjacent to an activating group) is 1. The third kappa shape index (κ3) is 3.23. The fourth-order valence-electron chi connectivity index (χ4n) is 1.92. The molecule has 0 saturated carbocycles. The van der Waals surface area contributed by atoms with Gasteiger partial charge in [0.1, 0.15) is 0 Å². The summed E-state index contributed by atoms with van der Waals surface area (Å²) in [5.41, 5.74) is 0.636. The number of rotatable bonds is 4. The molecule has 0 spiro atoms. The van der Waals surface area contributed by atoms with Crippen LogP contribution in [0.15, 0.2) is 54.6 Å². The molecule has 20 heavy (non-hydrogen) atoms. The van der Waals surface area contributed by atoms with Crippen molar-refractivity contribution in [3.05, 3.63) is 60.2 Å². The van der Waals surface area contributed by atoms with Gasteiger partial charge in [-0.1, -0.05) is 42.5 Å². The molecule has 0 radical (unpaired) electrons. The Kier molecular flexibility index (Phi) is 4.50. The summed E-state index contributed by atoms with van der Waals surface area (Å²) in [6.07, 6.45) is 3.01. The summed E-state index contributed by atoms with van der Waals surface area (Å²) >= 11 is 0. The van der Waals surface area contributed by atoms with E-state index < -0.39 is 0 Å². The van der Waals surface area contributed by atoms with Gasteiger partial charge in [-0.05, 0) is 16.8 Å². The van der Waals surface area contributed by atoms with Gasteiger partial charge in [0.15, 0.2) is 0 Å². The van der Waals surface area contributed by atoms with E-state index in [0.717, 1.165) is 10.8 Å². The minimum absolute atomic E-state index is 0.150. The molecule has 2 aromatic rings. The minimum atomic E-state index is -0.190. The topological polar surface area (TPSA) is 58.2 Å². The van der Waals surface area contributed by atoms with E-state index in [1.165, 1.54) is 6.08 Å². The molecular formula is C16H16N2O2. The molecule has 4 heteroatoms. The zero-order valence-electron chi connectivity index (χ0n) is 11.2. The van der Waals surface area contributed by atoms with Gasteiger partial charge in [-0.3, -0.25) is 9.59 Å². The van der Waals surface area contributed by atoms with Crippen molar-refractivity contribution in [3.8, 4) is 0 Å². The third-order valence-corrected chi connectivity index (χ3v) is 2.93. The molecule has 0 bridgehead atoms. The maximum Gasteiger partial charge on any atom is 0.252 e. The van der Waals surface area contributed by atoms with Crippen molar-refractivity contribution >= 4 is 22.6 Å². The van der Waals surface area contributed by atoms with Crippen molar-refractivity contribution in [2.45, 2.75) is 0 Å². The molecule has 2 aromatic carbocycles. The van der Waals surface area contributed by atoms with Gasteiger partial charge in [0.2, 0.25) is 5.91 Å². The molecule has 0 saturated heterocycles. The molecule has 2 N–H and O–H groups in total. The first-order valence-electron chi connectivity index (χ1n) is 6.36. The number of carbonyl (C=O) groups is 2. The number of amides is 2. The molecule has 4 nitrogen and oxygen atoms in total. The van der Waals surface area contributed by atoms with E-state index in [1.54, 1.807) is 19.2 Å². The first kappa shape index (κ1) is 13.8. The quantitative estimate of drug-likeness (QED) is 0.832. The van der Waals surface area contributed by atoms with Crippen LogP contribution in [-0.4, -0.2) is 25.4 Å². The van der Waals surface area contributed by atoms with Gasteiger partial charge in [0.25, 0.3) is 5.91 Å². The largest absolute Gasteiger partial charge is 0.356 e. The smallest absolute Gasteiger partial charge is 0.252 e. The zero-order chi connectivity index (χ0) is 14.4. The van der Waals surface area contributed by atoms with E-state index in [1.807, 2.05) is 36.4 Å². The number of hydrogen-bond acceptors (Lipinski definition) is 2. The van der Waals surface area contributed by atoms with E-state index in [2.05, 4.69) is 10.6 Å². The Labute approximate surface area is 117 Å². The second-order valence-electron chi connectivity index (χ2n) is 4.25. The molecule has 2 rings (SSSR count). The van der Waals surface area contributed by atoms with E-state index in [4.69, 9.17) is 0 Å². The van der Waals surface area contributed by atoms with Crippen LogP contribution in [0.4, 0.5) is 0 Å². The second kappa shape index (κ2) is 6.52. The Bertz CT molecular complexity index is 657. The Hall–Kier alpha value is -2.62. The number of carbonyl (C=O) groups excluding carboxylic acids is 2. The van der Waals surface area contributed by atoms with Crippen LogP contribution in [0.2, 0.25) is 0 Å². The van der Waals surface area contributed by atoms with E-state index in [-0.39, 0.29) is 11.8 Å². The van der Waals surface area contributed by atoms with E-state index >= 15 is 0 Å². The molecule has 0 aliphatic rings. The lowest BCUT2D eigenvalue weighted by Crippen LogP contribution is -2.24. The Balaban J connectivity index is 2.08. The summed E-state index contributed by atoms with van der Waals surface area (Å²) in [6, 6.07) is 13.4. The molecule has 0 aliphatic heterocycles. The predicted octanol–water partition coefficient (Wildman–Crippen LogP) is 1.87. The maximum absolute atomic E-state index is 12.1. The second-order valence-corrected chi connectivity index (χ2v) is 4.25. The molecule has 0 aromatic heterocycles. The standard InChI is InChI=1S/C16H16N2O2/c1-17-15(19)10-5-11-18-16(20)14-9-4-7-12-6-2-3-8-13(12)14/h2-10H,11H2,1H3,(H,17,19)(H,18,20). The molecule has 0 heterocycles. The average Bonchev–Trinajstić information content (AvgIpc) is 2.50. The van der Waals surface area contributed by atoms with Crippen LogP contribution in [0.25, 0.3) is 10.8 Å². The molecule has 0 unspecified atom stereocenters. The SMILES string of the molecule is CNC(=O)C=CCNC(=O)c1cccc2ccccc12. The van der Waals surface area contributed by atoms with Gasteiger partial charge in [-0.2, -0.15) is 0 Å². The van der Waals surface area contributed by atoms with Gasteiger partial charge >= 0.3 is 0 Å². The summed E-state index contributed by atoms with van der Waals surface area (Å²) in [7, 11) is 1.56. The lowest BCUT2D eigenvalue weighted by Gasteiger charge is -2.06. The van der Waals surface area contributed by atoms with Crippen LogP contribution in [-0.2, 0) is 4.79 Å². The molecule has 0 atom stereocenters. The lowest BCUT2D eigenvalue weighted by molar-refractivity contribution is -0.116. The summed E-state index contributed by atoms with van der Waals surface area (Å²) in [5.74, 6) is -0.340. The molecule has 102 valence electrons. The van der Waals surface area contributed by atoms with Gasteiger partial charge in [-0.15, -0.1) is 0 Å². The number of nitrogens with one attached hydrogen (secondary N) is 2. The Morgan fingerprint density at radius 1 is 1.10 bits per heavy atom. The van der Waals surface area contributed by atoms with Gasteiger partial charge in [0.05, 0.1) is 0 Å². The molecule has 0 fully saturated rings. The molecular weight excluding hydrogens is 252 g/mol. The highest BCUT2D eigenvalue weighted by Crippen LogP contribution is 2.18. The van der Waals surface area contributed by atoms with Crippen molar-refractivity contribution in [3.63, 3.8) is 0 Å². The highest BCUT2D eigenvalue weighted by atomic mass is 16.2. The summed E-state index contributed by atoms with van der Waals surface area (Å²) in [4.78, 5) is 23.1. The minimum Gasteiger partial charge on any atom is -0.356 e. The van der Waals surface area contributed by atoms with E-state index in [9.17, 15) is 9.59 Å². The summed E-state index contributed by atoms with van der Waals surface area (Å²) < 4.78 is 0. The average molecular weight is 268 g/mol. The predicted molar refractivity (Wildman–Crippen MR) is 79.5 cm³/mol. The van der Waals surface area contributed by atoms with Crippen LogP contribution < -0.4 is 10.6 Å². The summed E-state index contributed by atoms with van der Waals surface area (Å²) in [5, 5.41) is 7.18. The van der Waals surface area contributed by atoms with Crippen molar-refractivity contribution in [2.24, 2.45) is 0 Å². The van der Waals surface area contributed by atoms with Crippen molar-refractivity contribution < 1.29 is 9.59 Å². The van der Waals surface area contributed by atoms with Gasteiger partial charge in [-0.25, -0.2) is 0 Å². The van der Waals surface area contributed by atoms with Crippen molar-refractivity contribution in [2.75, 3.05) is 13.6 Å². The van der Waals surface area contributed by atoms with Gasteiger partial charge in [0, 0.05) is 25.2 Å². The Morgan fingerprint density at radius 3 is 2.65 bits per heavy atom.